The molecule has 0 aliphatic heterocycles. The number of carboxylic acids is 2. The number of nitrogens with zero attached hydrogens (tertiary/aromatic N) is 1. The van der Waals surface area contributed by atoms with E-state index in [-0.39, 0.29) is 12.8 Å². The Bertz CT molecular complexity index is 1450. The fraction of sp³-hybridized carbons (Fsp3) is 0.273. The summed E-state index contributed by atoms with van der Waals surface area (Å²) in [4.78, 5) is 22.5. The van der Waals surface area contributed by atoms with Crippen molar-refractivity contribution in [1.82, 2.24) is 4.57 Å². The maximum Gasteiger partial charge on any atom is 0.307 e. The van der Waals surface area contributed by atoms with Crippen molar-refractivity contribution in [3.63, 3.8) is 0 Å². The third-order valence-electron chi connectivity index (χ3n) is 6.58. The number of ether oxygens (including phenoxy) is 2. The van der Waals surface area contributed by atoms with E-state index in [1.807, 2.05) is 89.6 Å². The van der Waals surface area contributed by atoms with E-state index in [1.54, 1.807) is 0 Å². The number of carboxylic acid groups (broad SMARTS) is 2. The van der Waals surface area contributed by atoms with Crippen LogP contribution >= 0.6 is 0 Å². The first-order valence-corrected chi connectivity index (χ1v) is 13.5. The molecule has 0 radical (unpaired) electrons. The molecule has 0 atom stereocenters. The number of carbonyl (C=O) groups is 2. The Balaban J connectivity index is 1.34. The predicted octanol–water partition coefficient (Wildman–Crippen LogP) is 6.85. The Hall–Kier alpha value is -4.52. The summed E-state index contributed by atoms with van der Waals surface area (Å²) >= 11 is 0. The van der Waals surface area contributed by atoms with Crippen molar-refractivity contribution in [2.24, 2.45) is 0 Å². The number of unbranched alkanes of at least 4 members (excludes halogenated alkanes) is 1. The van der Waals surface area contributed by atoms with Gasteiger partial charge in [-0.05, 0) is 73.2 Å². The largest absolute Gasteiger partial charge is 0.494 e. The fourth-order valence-corrected chi connectivity index (χ4v) is 4.57. The molecule has 7 heteroatoms. The number of hydrogen-bond donors (Lipinski definition) is 2. The number of fused-ring (bicyclic) bond motifs is 1. The van der Waals surface area contributed by atoms with Gasteiger partial charge in [0.1, 0.15) is 11.5 Å². The van der Waals surface area contributed by atoms with Gasteiger partial charge >= 0.3 is 11.9 Å². The van der Waals surface area contributed by atoms with Crippen LogP contribution in [0.5, 0.6) is 11.5 Å². The number of benzene rings is 3. The van der Waals surface area contributed by atoms with Crippen LogP contribution in [-0.4, -0.2) is 39.9 Å². The predicted molar refractivity (Wildman–Crippen MR) is 157 cm³/mol. The third-order valence-corrected chi connectivity index (χ3v) is 6.58. The quantitative estimate of drug-likeness (QED) is 0.126. The maximum absolute atomic E-state index is 11.5. The normalized spacial score (nSPS) is 11.2. The molecule has 7 nitrogen and oxygen atoms in total. The van der Waals surface area contributed by atoms with E-state index in [2.05, 4.69) is 6.92 Å². The first-order valence-electron chi connectivity index (χ1n) is 13.5. The van der Waals surface area contributed by atoms with Crippen molar-refractivity contribution < 1.29 is 29.3 Å². The van der Waals surface area contributed by atoms with Gasteiger partial charge < -0.3 is 24.3 Å². The van der Waals surface area contributed by atoms with Crippen LogP contribution < -0.4 is 9.47 Å². The molecule has 0 spiro atoms. The molecule has 0 aliphatic carbocycles. The van der Waals surface area contributed by atoms with Gasteiger partial charge in [-0.15, -0.1) is 0 Å². The van der Waals surface area contributed by atoms with Crippen LogP contribution in [0.2, 0.25) is 0 Å². The second-order valence-electron chi connectivity index (χ2n) is 9.78. The molecule has 0 saturated carbocycles. The molecular formula is C33H35NO6. The average molecular weight is 542 g/mol. The van der Waals surface area contributed by atoms with E-state index < -0.39 is 11.9 Å². The molecule has 1 aromatic heterocycles. The molecule has 40 heavy (non-hydrogen) atoms. The maximum atomic E-state index is 11.5. The number of aromatic nitrogens is 1. The zero-order valence-corrected chi connectivity index (χ0v) is 22.7. The first-order chi connectivity index (χ1) is 19.4. The molecule has 4 aromatic rings. The second kappa shape index (κ2) is 14.0. The summed E-state index contributed by atoms with van der Waals surface area (Å²) in [6.07, 6.45) is 8.05. The number of aliphatic carboxylic acids is 2. The minimum Gasteiger partial charge on any atom is -0.494 e. The summed E-state index contributed by atoms with van der Waals surface area (Å²) in [6.45, 7) is 3.84. The van der Waals surface area contributed by atoms with Gasteiger partial charge in [-0.3, -0.25) is 9.59 Å². The van der Waals surface area contributed by atoms with Gasteiger partial charge in [0.05, 0.1) is 19.6 Å². The van der Waals surface area contributed by atoms with Crippen LogP contribution in [0.15, 0.2) is 72.9 Å². The van der Waals surface area contributed by atoms with Crippen LogP contribution in [-0.2, 0) is 22.6 Å². The van der Waals surface area contributed by atoms with Crippen LogP contribution in [0, 0.1) is 6.92 Å². The lowest BCUT2D eigenvalue weighted by Gasteiger charge is -2.08. The summed E-state index contributed by atoms with van der Waals surface area (Å²) in [5, 5.41) is 19.3. The van der Waals surface area contributed by atoms with Crippen LogP contribution in [0.4, 0.5) is 0 Å². The standard InChI is InChI=1S/C33H35NO6/c1-24-9-15-28(16-10-24)39-20-2-3-21-40-29-17-12-25(13-18-29)11-14-26-6-4-7-30-33(26)27(22-32(37)38)23-34(30)19-5-8-31(35)36/h4,6-7,9-18,23H,2-3,5,8,19-22H2,1H3,(H,35,36)(H,37,38)/b14-11+. The molecule has 0 fully saturated rings. The summed E-state index contributed by atoms with van der Waals surface area (Å²) in [7, 11) is 0. The second-order valence-corrected chi connectivity index (χ2v) is 9.78. The van der Waals surface area contributed by atoms with Crippen molar-refractivity contribution >= 4 is 35.0 Å². The summed E-state index contributed by atoms with van der Waals surface area (Å²) in [6, 6.07) is 21.8. The lowest BCUT2D eigenvalue weighted by Crippen LogP contribution is -2.02. The molecule has 1 heterocycles. The molecule has 2 N–H and O–H groups in total. The first kappa shape index (κ1) is 28.5. The zero-order valence-electron chi connectivity index (χ0n) is 22.7. The van der Waals surface area contributed by atoms with Gasteiger partial charge in [0.2, 0.25) is 0 Å². The molecular weight excluding hydrogens is 506 g/mol. The van der Waals surface area contributed by atoms with Crippen molar-refractivity contribution in [2.45, 2.75) is 45.6 Å². The van der Waals surface area contributed by atoms with Gasteiger partial charge in [0.15, 0.2) is 0 Å². The fourth-order valence-electron chi connectivity index (χ4n) is 4.57. The van der Waals surface area contributed by atoms with Crippen molar-refractivity contribution in [1.29, 1.82) is 0 Å². The summed E-state index contributed by atoms with van der Waals surface area (Å²) in [5.74, 6) is -0.0535. The van der Waals surface area contributed by atoms with E-state index in [1.165, 1.54) is 5.56 Å². The van der Waals surface area contributed by atoms with Crippen LogP contribution in [0.25, 0.3) is 23.1 Å². The van der Waals surface area contributed by atoms with Gasteiger partial charge in [-0.1, -0.05) is 54.1 Å². The minimum atomic E-state index is -0.905. The van der Waals surface area contributed by atoms with E-state index in [4.69, 9.17) is 14.6 Å². The topological polar surface area (TPSA) is 98.0 Å². The Labute approximate surface area is 234 Å². The van der Waals surface area contributed by atoms with Gasteiger partial charge in [-0.25, -0.2) is 0 Å². The highest BCUT2D eigenvalue weighted by molar-refractivity contribution is 5.96. The average Bonchev–Trinajstić information content (AvgIpc) is 3.28. The molecule has 0 bridgehead atoms. The molecule has 3 aromatic carbocycles. The molecule has 208 valence electrons. The lowest BCUT2D eigenvalue weighted by molar-refractivity contribution is -0.137. The van der Waals surface area contributed by atoms with Crippen LogP contribution in [0.1, 0.15) is 47.9 Å². The Morgan fingerprint density at radius 3 is 2.08 bits per heavy atom. The number of hydrogen-bond acceptors (Lipinski definition) is 4. The SMILES string of the molecule is Cc1ccc(OCCCCOc2ccc(/C=C/c3cccc4c3c(CC(=O)O)cn4CCCC(=O)O)cc2)cc1. The zero-order chi connectivity index (χ0) is 28.3. The molecule has 4 rings (SSSR count). The highest BCUT2D eigenvalue weighted by Gasteiger charge is 2.14. The summed E-state index contributed by atoms with van der Waals surface area (Å²) in [5.41, 5.74) is 4.74. The molecule has 0 saturated heterocycles. The monoisotopic (exact) mass is 541 g/mol. The minimum absolute atomic E-state index is 0.0652. The van der Waals surface area contributed by atoms with Crippen molar-refractivity contribution in [2.75, 3.05) is 13.2 Å². The number of aryl methyl sites for hydroxylation is 2. The molecule has 0 aliphatic rings. The highest BCUT2D eigenvalue weighted by Crippen LogP contribution is 2.28. The Morgan fingerprint density at radius 2 is 1.45 bits per heavy atom. The van der Waals surface area contributed by atoms with E-state index in [9.17, 15) is 14.7 Å². The number of rotatable bonds is 15. The lowest BCUT2D eigenvalue weighted by atomic mass is 10.0. The van der Waals surface area contributed by atoms with Gasteiger partial charge in [0, 0.05) is 30.1 Å². The van der Waals surface area contributed by atoms with Gasteiger partial charge in [0.25, 0.3) is 0 Å². The Kier molecular flexibility index (Phi) is 9.99. The van der Waals surface area contributed by atoms with E-state index in [0.29, 0.717) is 31.7 Å². The smallest absolute Gasteiger partial charge is 0.307 e. The van der Waals surface area contributed by atoms with Gasteiger partial charge in [-0.2, -0.15) is 0 Å². The highest BCUT2D eigenvalue weighted by atomic mass is 16.5. The third kappa shape index (κ3) is 8.24. The van der Waals surface area contributed by atoms with Crippen molar-refractivity contribution in [3.8, 4) is 11.5 Å². The molecule has 0 unspecified atom stereocenters. The van der Waals surface area contributed by atoms with E-state index in [0.717, 1.165) is 46.4 Å². The summed E-state index contributed by atoms with van der Waals surface area (Å²) < 4.78 is 13.6. The molecule has 0 amide bonds. The van der Waals surface area contributed by atoms with E-state index >= 15 is 0 Å². The van der Waals surface area contributed by atoms with Crippen molar-refractivity contribution in [3.05, 3.63) is 95.2 Å². The Morgan fingerprint density at radius 1 is 0.800 bits per heavy atom. The van der Waals surface area contributed by atoms with Crippen LogP contribution in [0.3, 0.4) is 0 Å².